The number of benzene rings is 2. The standard InChI is InChI=1S/C25H26N4O/c1-18(30)21-5-4-6-22(13-21)24-15-27-29-17-23(14-26-25(24)29)20-9-7-19(8-10-20)16-28-11-2-3-12-28/h4-10,13-15,17-18,30H,2-3,11-12,16H2,1H3. The number of nitrogens with zero attached hydrogens (tertiary/aromatic N) is 4. The van der Waals surface area contributed by atoms with Crippen LogP contribution in [-0.4, -0.2) is 37.7 Å². The Morgan fingerprint density at radius 2 is 1.77 bits per heavy atom. The van der Waals surface area contributed by atoms with Crippen LogP contribution in [0, 0.1) is 0 Å². The number of likely N-dealkylation sites (tertiary alicyclic amines) is 1. The van der Waals surface area contributed by atoms with Gasteiger partial charge in [0.2, 0.25) is 0 Å². The smallest absolute Gasteiger partial charge is 0.162 e. The monoisotopic (exact) mass is 398 g/mol. The van der Waals surface area contributed by atoms with Crippen LogP contribution in [-0.2, 0) is 6.54 Å². The molecule has 152 valence electrons. The molecule has 0 spiro atoms. The molecule has 5 heteroatoms. The molecule has 5 rings (SSSR count). The first-order valence-corrected chi connectivity index (χ1v) is 10.6. The zero-order valence-corrected chi connectivity index (χ0v) is 17.2. The number of hydrogen-bond acceptors (Lipinski definition) is 4. The summed E-state index contributed by atoms with van der Waals surface area (Å²) < 4.78 is 1.83. The van der Waals surface area contributed by atoms with Crippen LogP contribution in [0.25, 0.3) is 27.9 Å². The van der Waals surface area contributed by atoms with Crippen LogP contribution in [0.3, 0.4) is 0 Å². The van der Waals surface area contributed by atoms with Gasteiger partial charge >= 0.3 is 0 Å². The molecule has 1 aliphatic rings. The summed E-state index contributed by atoms with van der Waals surface area (Å²) in [6, 6.07) is 16.7. The third-order valence-electron chi connectivity index (χ3n) is 5.93. The van der Waals surface area contributed by atoms with E-state index < -0.39 is 6.10 Å². The van der Waals surface area contributed by atoms with Gasteiger partial charge in [-0.15, -0.1) is 0 Å². The maximum absolute atomic E-state index is 9.88. The van der Waals surface area contributed by atoms with Gasteiger partial charge in [0.15, 0.2) is 5.65 Å². The average Bonchev–Trinajstić information content (AvgIpc) is 3.43. The van der Waals surface area contributed by atoms with E-state index in [0.29, 0.717) is 0 Å². The Kier molecular flexibility index (Phi) is 5.07. The number of aromatic nitrogens is 3. The fraction of sp³-hybridized carbons (Fsp3) is 0.280. The summed E-state index contributed by atoms with van der Waals surface area (Å²) in [6.07, 6.45) is 7.92. The first kappa shape index (κ1) is 19.0. The minimum atomic E-state index is -0.500. The number of aliphatic hydroxyl groups is 1. The Labute approximate surface area is 176 Å². The van der Waals surface area contributed by atoms with Crippen molar-refractivity contribution in [3.05, 3.63) is 78.2 Å². The summed E-state index contributed by atoms with van der Waals surface area (Å²) in [7, 11) is 0. The number of fused-ring (bicyclic) bond motifs is 1. The Morgan fingerprint density at radius 3 is 2.53 bits per heavy atom. The second-order valence-electron chi connectivity index (χ2n) is 8.15. The molecule has 2 aromatic carbocycles. The summed E-state index contributed by atoms with van der Waals surface area (Å²) in [5.74, 6) is 0. The van der Waals surface area contributed by atoms with E-state index in [4.69, 9.17) is 4.98 Å². The maximum atomic E-state index is 9.88. The van der Waals surface area contributed by atoms with E-state index in [0.717, 1.165) is 40.0 Å². The van der Waals surface area contributed by atoms with Crippen LogP contribution in [0.1, 0.15) is 37.0 Å². The molecule has 0 aliphatic carbocycles. The lowest BCUT2D eigenvalue weighted by molar-refractivity contribution is 0.199. The molecule has 1 aliphatic heterocycles. The van der Waals surface area contributed by atoms with Crippen molar-refractivity contribution in [3.63, 3.8) is 0 Å². The molecule has 30 heavy (non-hydrogen) atoms. The van der Waals surface area contributed by atoms with E-state index in [2.05, 4.69) is 34.3 Å². The normalized spacial score (nSPS) is 15.7. The maximum Gasteiger partial charge on any atom is 0.162 e. The third kappa shape index (κ3) is 3.74. The second kappa shape index (κ2) is 8.01. The van der Waals surface area contributed by atoms with Crippen molar-refractivity contribution in [1.29, 1.82) is 0 Å². The first-order chi connectivity index (χ1) is 14.7. The van der Waals surface area contributed by atoms with Crippen molar-refractivity contribution in [1.82, 2.24) is 19.5 Å². The fourth-order valence-electron chi connectivity index (χ4n) is 4.20. The van der Waals surface area contributed by atoms with E-state index in [1.54, 1.807) is 6.92 Å². The molecule has 0 bridgehead atoms. The van der Waals surface area contributed by atoms with Crippen molar-refractivity contribution in [2.75, 3.05) is 13.1 Å². The van der Waals surface area contributed by atoms with Gasteiger partial charge in [-0.25, -0.2) is 9.50 Å². The lowest BCUT2D eigenvalue weighted by Crippen LogP contribution is -2.18. The molecule has 2 aromatic heterocycles. The summed E-state index contributed by atoms with van der Waals surface area (Å²) in [6.45, 7) is 5.23. The average molecular weight is 399 g/mol. The molecule has 1 saturated heterocycles. The Bertz CT molecular complexity index is 1160. The van der Waals surface area contributed by atoms with Gasteiger partial charge in [-0.1, -0.05) is 42.5 Å². The van der Waals surface area contributed by atoms with E-state index in [-0.39, 0.29) is 0 Å². The highest BCUT2D eigenvalue weighted by molar-refractivity contribution is 5.78. The highest BCUT2D eigenvalue weighted by Crippen LogP contribution is 2.28. The molecule has 1 N–H and O–H groups in total. The van der Waals surface area contributed by atoms with Crippen LogP contribution >= 0.6 is 0 Å². The molecule has 1 unspecified atom stereocenters. The van der Waals surface area contributed by atoms with Gasteiger partial charge in [-0.2, -0.15) is 5.10 Å². The van der Waals surface area contributed by atoms with Gasteiger partial charge in [0.05, 0.1) is 12.3 Å². The third-order valence-corrected chi connectivity index (χ3v) is 5.93. The summed E-state index contributed by atoms with van der Waals surface area (Å²) in [4.78, 5) is 7.22. The minimum Gasteiger partial charge on any atom is -0.389 e. The molecule has 1 atom stereocenters. The molecule has 0 saturated carbocycles. The zero-order valence-electron chi connectivity index (χ0n) is 17.2. The Balaban J connectivity index is 1.41. The van der Waals surface area contributed by atoms with Gasteiger partial charge in [0.1, 0.15) is 0 Å². The molecule has 1 fully saturated rings. The van der Waals surface area contributed by atoms with Crippen LogP contribution in [0.5, 0.6) is 0 Å². The van der Waals surface area contributed by atoms with Gasteiger partial charge in [-0.3, -0.25) is 4.90 Å². The van der Waals surface area contributed by atoms with Crippen LogP contribution in [0.15, 0.2) is 67.1 Å². The Morgan fingerprint density at radius 1 is 0.967 bits per heavy atom. The molecule has 4 aromatic rings. The highest BCUT2D eigenvalue weighted by atomic mass is 16.3. The highest BCUT2D eigenvalue weighted by Gasteiger charge is 2.13. The van der Waals surface area contributed by atoms with E-state index in [9.17, 15) is 5.11 Å². The lowest BCUT2D eigenvalue weighted by Gasteiger charge is -2.14. The Hall–Kier alpha value is -3.02. The molecule has 3 heterocycles. The van der Waals surface area contributed by atoms with E-state index in [1.165, 1.54) is 31.5 Å². The summed E-state index contributed by atoms with van der Waals surface area (Å²) in [5, 5.41) is 14.4. The van der Waals surface area contributed by atoms with Crippen molar-refractivity contribution >= 4 is 5.65 Å². The van der Waals surface area contributed by atoms with Crippen molar-refractivity contribution in [2.24, 2.45) is 0 Å². The van der Waals surface area contributed by atoms with Crippen LogP contribution < -0.4 is 0 Å². The predicted octanol–water partition coefficient (Wildman–Crippen LogP) is 4.71. The fourth-order valence-corrected chi connectivity index (χ4v) is 4.20. The number of aliphatic hydroxyl groups excluding tert-OH is 1. The topological polar surface area (TPSA) is 53.7 Å². The molecule has 0 radical (unpaired) electrons. The number of hydrogen-bond donors (Lipinski definition) is 1. The van der Waals surface area contributed by atoms with Crippen LogP contribution in [0.2, 0.25) is 0 Å². The summed E-state index contributed by atoms with van der Waals surface area (Å²) in [5.41, 5.74) is 7.21. The molecular formula is C25H26N4O. The summed E-state index contributed by atoms with van der Waals surface area (Å²) >= 11 is 0. The van der Waals surface area contributed by atoms with Crippen molar-refractivity contribution in [2.45, 2.75) is 32.4 Å². The van der Waals surface area contributed by atoms with Crippen molar-refractivity contribution in [3.8, 4) is 22.3 Å². The quantitative estimate of drug-likeness (QED) is 0.529. The zero-order chi connectivity index (χ0) is 20.5. The molecule has 0 amide bonds. The van der Waals surface area contributed by atoms with Crippen molar-refractivity contribution < 1.29 is 5.11 Å². The predicted molar refractivity (Wildman–Crippen MR) is 119 cm³/mol. The van der Waals surface area contributed by atoms with Gasteiger partial charge in [0.25, 0.3) is 0 Å². The molecular weight excluding hydrogens is 372 g/mol. The SMILES string of the molecule is CC(O)c1cccc(-c2cnn3cc(-c4ccc(CN5CCCC5)cc4)cnc23)c1. The first-order valence-electron chi connectivity index (χ1n) is 10.6. The van der Waals surface area contributed by atoms with E-state index in [1.807, 2.05) is 47.4 Å². The largest absolute Gasteiger partial charge is 0.389 e. The lowest BCUT2D eigenvalue weighted by atomic mass is 10.0. The van der Waals surface area contributed by atoms with Crippen LogP contribution in [0.4, 0.5) is 0 Å². The van der Waals surface area contributed by atoms with Gasteiger partial charge in [-0.05, 0) is 61.2 Å². The number of rotatable bonds is 5. The second-order valence-corrected chi connectivity index (χ2v) is 8.15. The minimum absolute atomic E-state index is 0.500. The van der Waals surface area contributed by atoms with Gasteiger partial charge < -0.3 is 5.11 Å². The molecule has 5 nitrogen and oxygen atoms in total. The van der Waals surface area contributed by atoms with Gasteiger partial charge in [0, 0.05) is 30.1 Å². The van der Waals surface area contributed by atoms with E-state index >= 15 is 0 Å².